The zero-order chi connectivity index (χ0) is 10.4. The van der Waals surface area contributed by atoms with Crippen LogP contribution in [0.15, 0.2) is 21.5 Å². The van der Waals surface area contributed by atoms with Crippen molar-refractivity contribution in [1.29, 1.82) is 0 Å². The maximum atomic E-state index is 13.3. The number of rotatable bonds is 1. The van der Waals surface area contributed by atoms with Gasteiger partial charge in [0.25, 0.3) is 0 Å². The van der Waals surface area contributed by atoms with Crippen molar-refractivity contribution >= 4 is 33.6 Å². The molecule has 1 aromatic rings. The van der Waals surface area contributed by atoms with Crippen LogP contribution in [0.2, 0.25) is 0 Å². The number of anilines is 1. The number of halogens is 2. The molecular formula is C10H10BrFN2S. The van der Waals surface area contributed by atoms with Crippen molar-refractivity contribution < 1.29 is 4.39 Å². The van der Waals surface area contributed by atoms with Crippen molar-refractivity contribution in [2.24, 2.45) is 0 Å². The molecule has 1 saturated carbocycles. The van der Waals surface area contributed by atoms with Crippen LogP contribution >= 0.6 is 27.9 Å². The Morgan fingerprint density at radius 1 is 1.47 bits per heavy atom. The van der Waals surface area contributed by atoms with Gasteiger partial charge in [0.1, 0.15) is 5.82 Å². The molecule has 1 heterocycles. The molecule has 80 valence electrons. The second-order valence-corrected chi connectivity index (χ2v) is 5.60. The molecule has 0 bridgehead atoms. The molecular weight excluding hydrogens is 279 g/mol. The molecule has 0 atom stereocenters. The van der Waals surface area contributed by atoms with E-state index in [4.69, 9.17) is 0 Å². The van der Waals surface area contributed by atoms with Crippen molar-refractivity contribution in [3.8, 4) is 0 Å². The summed E-state index contributed by atoms with van der Waals surface area (Å²) in [5.41, 5.74) is 1.02. The van der Waals surface area contributed by atoms with Crippen LogP contribution in [0.3, 0.4) is 0 Å². The van der Waals surface area contributed by atoms with E-state index in [0.29, 0.717) is 6.04 Å². The molecule has 0 saturated heterocycles. The van der Waals surface area contributed by atoms with Crippen LogP contribution in [0.4, 0.5) is 10.1 Å². The molecule has 1 N–H and O–H groups in total. The number of nitrogens with zero attached hydrogens (tertiary/aromatic N) is 1. The standard InChI is InChI=1S/C10H10BrFN2S/c11-8-3-6(12)4-9-10(8)15-13-5-14(9)7-1-2-7/h3-4,7,13H,1-2,5H2. The number of benzene rings is 1. The molecule has 0 radical (unpaired) electrons. The summed E-state index contributed by atoms with van der Waals surface area (Å²) in [5, 5.41) is 0. The molecule has 1 aromatic carbocycles. The minimum Gasteiger partial charge on any atom is -0.354 e. The van der Waals surface area contributed by atoms with Gasteiger partial charge >= 0.3 is 0 Å². The van der Waals surface area contributed by atoms with E-state index in [1.165, 1.54) is 18.9 Å². The van der Waals surface area contributed by atoms with Gasteiger partial charge in [-0.25, -0.2) is 9.11 Å². The molecule has 2 nitrogen and oxygen atoms in total. The van der Waals surface area contributed by atoms with Gasteiger partial charge in [-0.15, -0.1) is 0 Å². The van der Waals surface area contributed by atoms with E-state index >= 15 is 0 Å². The number of hydrogen-bond donors (Lipinski definition) is 1. The fourth-order valence-electron chi connectivity index (χ4n) is 1.83. The third kappa shape index (κ3) is 1.77. The van der Waals surface area contributed by atoms with Crippen molar-refractivity contribution in [2.75, 3.05) is 11.6 Å². The summed E-state index contributed by atoms with van der Waals surface area (Å²) in [4.78, 5) is 3.34. The van der Waals surface area contributed by atoms with Crippen LogP contribution in [0.5, 0.6) is 0 Å². The van der Waals surface area contributed by atoms with Crippen molar-refractivity contribution in [1.82, 2.24) is 4.72 Å². The van der Waals surface area contributed by atoms with Crippen molar-refractivity contribution in [3.63, 3.8) is 0 Å². The first-order valence-electron chi connectivity index (χ1n) is 4.91. The van der Waals surface area contributed by atoms with Crippen LogP contribution in [-0.4, -0.2) is 12.7 Å². The molecule has 1 fully saturated rings. The van der Waals surface area contributed by atoms with Crippen molar-refractivity contribution in [2.45, 2.75) is 23.8 Å². The van der Waals surface area contributed by atoms with Gasteiger partial charge in [0.15, 0.2) is 0 Å². The van der Waals surface area contributed by atoms with E-state index in [2.05, 4.69) is 25.6 Å². The first-order valence-corrected chi connectivity index (χ1v) is 6.52. The molecule has 0 unspecified atom stereocenters. The summed E-state index contributed by atoms with van der Waals surface area (Å²) >= 11 is 4.97. The zero-order valence-corrected chi connectivity index (χ0v) is 10.4. The normalized spacial score (nSPS) is 20.3. The first kappa shape index (κ1) is 9.93. The lowest BCUT2D eigenvalue weighted by atomic mass is 10.2. The highest BCUT2D eigenvalue weighted by atomic mass is 79.9. The zero-order valence-electron chi connectivity index (χ0n) is 7.96. The van der Waals surface area contributed by atoms with Crippen LogP contribution in [0.25, 0.3) is 0 Å². The molecule has 0 aromatic heterocycles. The van der Waals surface area contributed by atoms with Gasteiger partial charge in [0, 0.05) is 10.5 Å². The third-order valence-electron chi connectivity index (χ3n) is 2.69. The van der Waals surface area contributed by atoms with Gasteiger partial charge < -0.3 is 4.90 Å². The molecule has 2 aliphatic rings. The van der Waals surface area contributed by atoms with Crippen LogP contribution in [-0.2, 0) is 0 Å². The number of nitrogens with one attached hydrogen (secondary N) is 1. The summed E-state index contributed by atoms with van der Waals surface area (Å²) in [7, 11) is 0. The quantitative estimate of drug-likeness (QED) is 0.800. The van der Waals surface area contributed by atoms with E-state index in [-0.39, 0.29) is 5.82 Å². The van der Waals surface area contributed by atoms with E-state index in [0.717, 1.165) is 21.7 Å². The molecule has 1 aliphatic carbocycles. The number of fused-ring (bicyclic) bond motifs is 1. The maximum absolute atomic E-state index is 13.3. The molecule has 15 heavy (non-hydrogen) atoms. The minimum atomic E-state index is -0.172. The summed E-state index contributed by atoms with van der Waals surface area (Å²) in [6.45, 7) is 0.804. The Bertz CT molecular complexity index is 409. The summed E-state index contributed by atoms with van der Waals surface area (Å²) in [6, 6.07) is 3.75. The predicted molar refractivity (Wildman–Crippen MR) is 63.5 cm³/mol. The molecule has 1 aliphatic heterocycles. The Labute approximate surface area is 100 Å². The minimum absolute atomic E-state index is 0.172. The van der Waals surface area contributed by atoms with Gasteiger partial charge in [-0.3, -0.25) is 0 Å². The highest BCUT2D eigenvalue weighted by molar-refractivity contribution is 9.10. The van der Waals surface area contributed by atoms with E-state index < -0.39 is 0 Å². The summed E-state index contributed by atoms with van der Waals surface area (Å²) in [6.07, 6.45) is 2.44. The van der Waals surface area contributed by atoms with Crippen LogP contribution in [0, 0.1) is 5.82 Å². The fraction of sp³-hybridized carbons (Fsp3) is 0.400. The second kappa shape index (κ2) is 3.64. The monoisotopic (exact) mass is 288 g/mol. The molecule has 3 rings (SSSR count). The van der Waals surface area contributed by atoms with Crippen molar-refractivity contribution in [3.05, 3.63) is 22.4 Å². The predicted octanol–water partition coefficient (Wildman–Crippen LogP) is 3.12. The van der Waals surface area contributed by atoms with Crippen LogP contribution in [0.1, 0.15) is 12.8 Å². The topological polar surface area (TPSA) is 15.3 Å². The van der Waals surface area contributed by atoms with E-state index in [9.17, 15) is 4.39 Å². The highest BCUT2D eigenvalue weighted by Crippen LogP contribution is 2.42. The maximum Gasteiger partial charge on any atom is 0.126 e. The Morgan fingerprint density at radius 2 is 2.27 bits per heavy atom. The average molecular weight is 289 g/mol. The Hall–Kier alpha value is -0.260. The lowest BCUT2D eigenvalue weighted by Crippen LogP contribution is -2.36. The number of hydrogen-bond acceptors (Lipinski definition) is 3. The van der Waals surface area contributed by atoms with Gasteiger partial charge in [0.2, 0.25) is 0 Å². The Balaban J connectivity index is 2.08. The lowest BCUT2D eigenvalue weighted by molar-refractivity contribution is 0.621. The first-order chi connectivity index (χ1) is 7.25. The van der Waals surface area contributed by atoms with Gasteiger partial charge in [-0.1, -0.05) is 0 Å². The SMILES string of the molecule is Fc1cc(Br)c2c(c1)N(C1CC1)CNS2. The van der Waals surface area contributed by atoms with E-state index in [1.54, 1.807) is 18.0 Å². The largest absolute Gasteiger partial charge is 0.354 e. The summed E-state index contributed by atoms with van der Waals surface area (Å²) in [5.74, 6) is -0.172. The second-order valence-electron chi connectivity index (χ2n) is 3.84. The lowest BCUT2D eigenvalue weighted by Gasteiger charge is -2.31. The fourth-order valence-corrected chi connectivity index (χ4v) is 3.28. The molecule has 0 spiro atoms. The van der Waals surface area contributed by atoms with Gasteiger partial charge in [-0.05, 0) is 52.9 Å². The Kier molecular flexibility index (Phi) is 2.41. The van der Waals surface area contributed by atoms with E-state index in [1.807, 2.05) is 0 Å². The Morgan fingerprint density at radius 3 is 3.00 bits per heavy atom. The van der Waals surface area contributed by atoms with Gasteiger partial charge in [-0.2, -0.15) is 0 Å². The summed E-state index contributed by atoms with van der Waals surface area (Å²) < 4.78 is 17.4. The van der Waals surface area contributed by atoms with Gasteiger partial charge in [0.05, 0.1) is 17.3 Å². The third-order valence-corrected chi connectivity index (χ3v) is 4.49. The smallest absolute Gasteiger partial charge is 0.126 e. The average Bonchev–Trinajstić information content (AvgIpc) is 3.00. The highest BCUT2D eigenvalue weighted by Gasteiger charge is 2.33. The molecule has 0 amide bonds. The molecule has 5 heteroatoms. The van der Waals surface area contributed by atoms with Crippen LogP contribution < -0.4 is 9.62 Å².